The number of rotatable bonds is 6. The first-order chi connectivity index (χ1) is 15.8. The highest BCUT2D eigenvalue weighted by molar-refractivity contribution is 7.89. The molecule has 2 aromatic carbocycles. The van der Waals surface area contributed by atoms with Gasteiger partial charge < -0.3 is 13.9 Å². The minimum atomic E-state index is -3.68. The van der Waals surface area contributed by atoms with Crippen LogP contribution >= 0.6 is 0 Å². The van der Waals surface area contributed by atoms with Crippen LogP contribution in [0.15, 0.2) is 56.6 Å². The van der Waals surface area contributed by atoms with Crippen LogP contribution in [0.3, 0.4) is 0 Å². The van der Waals surface area contributed by atoms with Gasteiger partial charge in [0.1, 0.15) is 17.9 Å². The van der Waals surface area contributed by atoms with Gasteiger partial charge in [-0.25, -0.2) is 18.0 Å². The molecule has 174 valence electrons. The number of hydrogen-bond donors (Lipinski definition) is 0. The summed E-state index contributed by atoms with van der Waals surface area (Å²) in [6.45, 7) is 2.50. The van der Waals surface area contributed by atoms with Crippen molar-refractivity contribution >= 4 is 27.0 Å². The van der Waals surface area contributed by atoms with Gasteiger partial charge in [-0.1, -0.05) is 12.5 Å². The molecule has 0 amide bonds. The SMILES string of the molecule is COc1ccc2c(COC(=O)c3cc(S(=O)(=O)N4CCCCC4)ccc3C)cc(=O)oc2c1. The first-order valence-electron chi connectivity index (χ1n) is 10.7. The zero-order valence-corrected chi connectivity index (χ0v) is 19.3. The first-order valence-corrected chi connectivity index (χ1v) is 12.1. The number of sulfonamides is 1. The summed E-state index contributed by atoms with van der Waals surface area (Å²) < 4.78 is 43.3. The van der Waals surface area contributed by atoms with E-state index < -0.39 is 21.6 Å². The maximum absolute atomic E-state index is 13.0. The Morgan fingerprint density at radius 3 is 2.55 bits per heavy atom. The zero-order valence-electron chi connectivity index (χ0n) is 18.5. The largest absolute Gasteiger partial charge is 0.497 e. The second-order valence-electron chi connectivity index (χ2n) is 7.97. The number of piperidine rings is 1. The van der Waals surface area contributed by atoms with Crippen LogP contribution in [-0.4, -0.2) is 38.9 Å². The predicted molar refractivity (Wildman–Crippen MR) is 122 cm³/mol. The molecule has 3 aromatic rings. The smallest absolute Gasteiger partial charge is 0.338 e. The van der Waals surface area contributed by atoms with E-state index in [4.69, 9.17) is 13.9 Å². The topological polar surface area (TPSA) is 103 Å². The number of carbonyl (C=O) groups excluding carboxylic acids is 1. The normalized spacial score (nSPS) is 14.8. The Kier molecular flexibility index (Phi) is 6.53. The molecular formula is C24H25NO7S. The van der Waals surface area contributed by atoms with Crippen molar-refractivity contribution in [3.05, 3.63) is 69.6 Å². The van der Waals surface area contributed by atoms with Gasteiger partial charge >= 0.3 is 11.6 Å². The summed E-state index contributed by atoms with van der Waals surface area (Å²) in [6, 6.07) is 10.8. The second kappa shape index (κ2) is 9.36. The maximum atomic E-state index is 13.0. The summed E-state index contributed by atoms with van der Waals surface area (Å²) in [7, 11) is -2.18. The van der Waals surface area contributed by atoms with Gasteiger partial charge in [-0.3, -0.25) is 0 Å². The summed E-state index contributed by atoms with van der Waals surface area (Å²) in [5.74, 6) is -0.139. The number of aryl methyl sites for hydroxylation is 1. The number of fused-ring (bicyclic) bond motifs is 1. The van der Waals surface area contributed by atoms with Crippen LogP contribution in [0.4, 0.5) is 0 Å². The number of ether oxygens (including phenoxy) is 2. The van der Waals surface area contributed by atoms with Crippen LogP contribution in [0.1, 0.15) is 40.7 Å². The molecule has 1 aromatic heterocycles. The Bertz CT molecular complexity index is 1350. The molecule has 1 saturated heterocycles. The van der Waals surface area contributed by atoms with Gasteiger partial charge in [0.2, 0.25) is 10.0 Å². The second-order valence-corrected chi connectivity index (χ2v) is 9.91. The molecular weight excluding hydrogens is 446 g/mol. The first kappa shape index (κ1) is 23.0. The van der Waals surface area contributed by atoms with E-state index in [1.54, 1.807) is 31.2 Å². The van der Waals surface area contributed by atoms with Crippen molar-refractivity contribution in [2.75, 3.05) is 20.2 Å². The summed E-state index contributed by atoms with van der Waals surface area (Å²) >= 11 is 0. The van der Waals surface area contributed by atoms with E-state index in [2.05, 4.69) is 0 Å². The molecule has 8 nitrogen and oxygen atoms in total. The van der Waals surface area contributed by atoms with E-state index in [0.29, 0.717) is 40.9 Å². The van der Waals surface area contributed by atoms with E-state index in [1.165, 1.54) is 29.6 Å². The Hall–Kier alpha value is -3.17. The van der Waals surface area contributed by atoms with Crippen LogP contribution in [-0.2, 0) is 21.4 Å². The summed E-state index contributed by atoms with van der Waals surface area (Å²) in [4.78, 5) is 24.9. The highest BCUT2D eigenvalue weighted by atomic mass is 32.2. The van der Waals surface area contributed by atoms with Crippen LogP contribution in [0.2, 0.25) is 0 Å². The molecule has 2 heterocycles. The van der Waals surface area contributed by atoms with Gasteiger partial charge in [0.15, 0.2) is 0 Å². The van der Waals surface area contributed by atoms with E-state index >= 15 is 0 Å². The number of nitrogens with zero attached hydrogens (tertiary/aromatic N) is 1. The van der Waals surface area contributed by atoms with Crippen molar-refractivity contribution < 1.29 is 27.1 Å². The molecule has 0 spiro atoms. The third-order valence-electron chi connectivity index (χ3n) is 5.78. The fraction of sp³-hybridized carbons (Fsp3) is 0.333. The van der Waals surface area contributed by atoms with Gasteiger partial charge in [-0.05, 0) is 49.6 Å². The Balaban J connectivity index is 1.58. The quantitative estimate of drug-likeness (QED) is 0.399. The Labute approximate surface area is 191 Å². The molecule has 33 heavy (non-hydrogen) atoms. The molecule has 1 aliphatic rings. The molecule has 0 saturated carbocycles. The lowest BCUT2D eigenvalue weighted by Gasteiger charge is -2.26. The van der Waals surface area contributed by atoms with Gasteiger partial charge in [-0.2, -0.15) is 4.31 Å². The standard InChI is InChI=1S/C24H25NO7S/c1-16-6-8-19(33(28,29)25-10-4-3-5-11-25)14-21(16)24(27)31-15-17-12-23(26)32-22-13-18(30-2)7-9-20(17)22/h6-9,12-14H,3-5,10-11,15H2,1-2H3. The third kappa shape index (κ3) is 4.79. The number of carbonyl (C=O) groups is 1. The van der Waals surface area contributed by atoms with E-state index in [9.17, 15) is 18.0 Å². The average Bonchev–Trinajstić information content (AvgIpc) is 2.82. The minimum absolute atomic E-state index is 0.0693. The summed E-state index contributed by atoms with van der Waals surface area (Å²) in [5, 5.41) is 0.612. The predicted octanol–water partition coefficient (Wildman–Crippen LogP) is 3.64. The molecule has 1 aliphatic heterocycles. The van der Waals surface area contributed by atoms with Crippen molar-refractivity contribution in [1.29, 1.82) is 0 Å². The Morgan fingerprint density at radius 2 is 1.82 bits per heavy atom. The van der Waals surface area contributed by atoms with Crippen LogP contribution < -0.4 is 10.4 Å². The van der Waals surface area contributed by atoms with E-state index in [0.717, 1.165) is 19.3 Å². The van der Waals surface area contributed by atoms with Crippen molar-refractivity contribution in [2.24, 2.45) is 0 Å². The lowest BCUT2D eigenvalue weighted by atomic mass is 10.1. The van der Waals surface area contributed by atoms with Crippen LogP contribution in [0, 0.1) is 6.92 Å². The zero-order chi connectivity index (χ0) is 23.6. The van der Waals surface area contributed by atoms with Gasteiger partial charge in [0, 0.05) is 36.2 Å². The number of benzene rings is 2. The van der Waals surface area contributed by atoms with Gasteiger partial charge in [0.25, 0.3) is 0 Å². The highest BCUT2D eigenvalue weighted by Crippen LogP contribution is 2.25. The maximum Gasteiger partial charge on any atom is 0.338 e. The number of methoxy groups -OCH3 is 1. The number of esters is 1. The van der Waals surface area contributed by atoms with Gasteiger partial charge in [0.05, 0.1) is 17.6 Å². The van der Waals surface area contributed by atoms with Crippen LogP contribution in [0.5, 0.6) is 5.75 Å². The third-order valence-corrected chi connectivity index (χ3v) is 7.67. The molecule has 4 rings (SSSR count). The van der Waals surface area contributed by atoms with Crippen molar-refractivity contribution in [2.45, 2.75) is 37.7 Å². The molecule has 1 fully saturated rings. The lowest BCUT2D eigenvalue weighted by Crippen LogP contribution is -2.35. The average molecular weight is 472 g/mol. The fourth-order valence-corrected chi connectivity index (χ4v) is 5.46. The summed E-state index contributed by atoms with van der Waals surface area (Å²) in [5.41, 5.74) is 0.986. The van der Waals surface area contributed by atoms with Crippen molar-refractivity contribution in [3.63, 3.8) is 0 Å². The molecule has 0 radical (unpaired) electrons. The lowest BCUT2D eigenvalue weighted by molar-refractivity contribution is 0.0472. The highest BCUT2D eigenvalue weighted by Gasteiger charge is 2.27. The monoisotopic (exact) mass is 471 g/mol. The Morgan fingerprint density at radius 1 is 1.06 bits per heavy atom. The van der Waals surface area contributed by atoms with Crippen molar-refractivity contribution in [1.82, 2.24) is 4.31 Å². The molecule has 0 atom stereocenters. The molecule has 0 unspecified atom stereocenters. The van der Waals surface area contributed by atoms with E-state index in [1.807, 2.05) is 0 Å². The number of hydrogen-bond acceptors (Lipinski definition) is 7. The summed E-state index contributed by atoms with van der Waals surface area (Å²) in [6.07, 6.45) is 2.66. The van der Waals surface area contributed by atoms with Crippen LogP contribution in [0.25, 0.3) is 11.0 Å². The minimum Gasteiger partial charge on any atom is -0.497 e. The van der Waals surface area contributed by atoms with Gasteiger partial charge in [-0.15, -0.1) is 0 Å². The fourth-order valence-electron chi connectivity index (χ4n) is 3.91. The van der Waals surface area contributed by atoms with E-state index in [-0.39, 0.29) is 17.1 Å². The molecule has 9 heteroatoms. The van der Waals surface area contributed by atoms with Crippen molar-refractivity contribution in [3.8, 4) is 5.75 Å². The molecule has 0 bridgehead atoms. The molecule has 0 N–H and O–H groups in total. The molecule has 0 aliphatic carbocycles.